The van der Waals surface area contributed by atoms with E-state index in [4.69, 9.17) is 0 Å². The van der Waals surface area contributed by atoms with Crippen molar-refractivity contribution in [3.63, 3.8) is 0 Å². The molecule has 3 rings (SSSR count). The maximum absolute atomic E-state index is 13.6. The van der Waals surface area contributed by atoms with E-state index in [-0.39, 0.29) is 23.8 Å². The zero-order chi connectivity index (χ0) is 24.2. The Balaban J connectivity index is 1.69. The maximum atomic E-state index is 13.6. The number of nitrogens with zero attached hydrogens (tertiary/aromatic N) is 3. The zero-order valence-electron chi connectivity index (χ0n) is 20.9. The van der Waals surface area contributed by atoms with Crippen LogP contribution in [0.15, 0.2) is 24.3 Å². The monoisotopic (exact) mass is 456 g/mol. The van der Waals surface area contributed by atoms with Crippen molar-refractivity contribution in [2.75, 3.05) is 40.3 Å². The van der Waals surface area contributed by atoms with Gasteiger partial charge in [-0.1, -0.05) is 43.7 Å². The van der Waals surface area contributed by atoms with E-state index in [1.165, 1.54) is 4.90 Å². The molecular formula is C26H40N4O3. The van der Waals surface area contributed by atoms with Gasteiger partial charge in [0.1, 0.15) is 5.54 Å². The number of likely N-dealkylation sites (N-methyl/N-ethyl adjacent to an activating group) is 1. The van der Waals surface area contributed by atoms with Crippen molar-refractivity contribution in [3.05, 3.63) is 35.4 Å². The largest absolute Gasteiger partial charge is 0.342 e. The van der Waals surface area contributed by atoms with E-state index in [9.17, 15) is 14.4 Å². The molecule has 7 heteroatoms. The fourth-order valence-electron chi connectivity index (χ4n) is 5.04. The molecule has 0 spiro atoms. The summed E-state index contributed by atoms with van der Waals surface area (Å²) in [6, 6.07) is 7.79. The van der Waals surface area contributed by atoms with Gasteiger partial charge in [0.2, 0.25) is 5.91 Å². The van der Waals surface area contributed by atoms with Crippen LogP contribution >= 0.6 is 0 Å². The van der Waals surface area contributed by atoms with Crippen LogP contribution in [-0.4, -0.2) is 78.4 Å². The van der Waals surface area contributed by atoms with E-state index in [0.29, 0.717) is 44.9 Å². The molecule has 1 atom stereocenters. The number of carbonyl (C=O) groups excluding carboxylic acids is 3. The molecular weight excluding hydrogens is 416 g/mol. The van der Waals surface area contributed by atoms with Crippen molar-refractivity contribution in [2.45, 2.75) is 58.4 Å². The molecule has 1 aromatic carbocycles. The van der Waals surface area contributed by atoms with Crippen molar-refractivity contribution >= 4 is 17.8 Å². The fraction of sp³-hybridized carbons (Fsp3) is 0.654. The predicted octanol–water partition coefficient (Wildman–Crippen LogP) is 3.06. The highest BCUT2D eigenvalue weighted by Crippen LogP contribution is 2.38. The number of nitrogens with one attached hydrogen (secondary N) is 1. The third kappa shape index (κ3) is 5.94. The summed E-state index contributed by atoms with van der Waals surface area (Å²) in [5.41, 5.74) is 1.34. The Morgan fingerprint density at radius 1 is 1.21 bits per heavy atom. The number of carbonyl (C=O) groups is 3. The van der Waals surface area contributed by atoms with Gasteiger partial charge in [0.25, 0.3) is 5.91 Å². The van der Waals surface area contributed by atoms with Gasteiger partial charge in [0.15, 0.2) is 0 Å². The van der Waals surface area contributed by atoms with E-state index in [0.717, 1.165) is 30.4 Å². The predicted molar refractivity (Wildman–Crippen MR) is 130 cm³/mol. The van der Waals surface area contributed by atoms with Gasteiger partial charge < -0.3 is 15.1 Å². The standard InChI is InChI=1S/C26H40N4O3/c1-19(2)9-12-26(24(32)30(25(33)27-26)16-15-28(4)5)22-10-13-29(14-11-22)23(31)18-21-8-6-7-20(3)17-21/h6-8,17,19,22H,9-16,18H2,1-5H3,(H,27,33). The summed E-state index contributed by atoms with van der Waals surface area (Å²) >= 11 is 0. The van der Waals surface area contributed by atoms with Crippen LogP contribution in [0.25, 0.3) is 0 Å². The molecule has 1 unspecified atom stereocenters. The summed E-state index contributed by atoms with van der Waals surface area (Å²) < 4.78 is 0. The van der Waals surface area contributed by atoms with Crippen molar-refractivity contribution < 1.29 is 14.4 Å². The van der Waals surface area contributed by atoms with Crippen molar-refractivity contribution in [1.29, 1.82) is 0 Å². The number of urea groups is 1. The molecule has 0 bridgehead atoms. The highest BCUT2D eigenvalue weighted by molar-refractivity contribution is 6.07. The number of benzene rings is 1. The van der Waals surface area contributed by atoms with Crippen LogP contribution in [0.2, 0.25) is 0 Å². The Labute approximate surface area is 198 Å². The van der Waals surface area contributed by atoms with E-state index >= 15 is 0 Å². The molecule has 182 valence electrons. The van der Waals surface area contributed by atoms with Crippen LogP contribution in [0.5, 0.6) is 0 Å². The lowest BCUT2D eigenvalue weighted by Crippen LogP contribution is -2.57. The third-order valence-corrected chi connectivity index (χ3v) is 7.07. The number of rotatable bonds is 9. The maximum Gasteiger partial charge on any atom is 0.325 e. The Kier molecular flexibility index (Phi) is 8.16. The molecule has 1 N–H and O–H groups in total. The number of amides is 4. The van der Waals surface area contributed by atoms with Crippen LogP contribution in [0.1, 0.15) is 50.7 Å². The number of aryl methyl sites for hydroxylation is 1. The highest BCUT2D eigenvalue weighted by Gasteiger charge is 2.55. The zero-order valence-corrected chi connectivity index (χ0v) is 20.9. The van der Waals surface area contributed by atoms with E-state index < -0.39 is 5.54 Å². The van der Waals surface area contributed by atoms with Gasteiger partial charge in [-0.3, -0.25) is 14.5 Å². The first kappa shape index (κ1) is 25.2. The van der Waals surface area contributed by atoms with Gasteiger partial charge in [0, 0.05) is 26.2 Å². The second kappa shape index (κ2) is 10.7. The average molecular weight is 457 g/mol. The minimum atomic E-state index is -0.848. The average Bonchev–Trinajstić information content (AvgIpc) is 3.01. The Morgan fingerprint density at radius 3 is 2.52 bits per heavy atom. The minimum absolute atomic E-state index is 0.0417. The molecule has 0 radical (unpaired) electrons. The summed E-state index contributed by atoms with van der Waals surface area (Å²) in [5, 5.41) is 3.12. The molecule has 2 aliphatic rings. The first-order valence-electron chi connectivity index (χ1n) is 12.2. The minimum Gasteiger partial charge on any atom is -0.342 e. The molecule has 0 aliphatic carbocycles. The van der Waals surface area contributed by atoms with E-state index in [1.807, 2.05) is 49.0 Å². The van der Waals surface area contributed by atoms with Crippen LogP contribution in [0.3, 0.4) is 0 Å². The van der Waals surface area contributed by atoms with Crippen LogP contribution in [0, 0.1) is 18.8 Å². The molecule has 1 aromatic rings. The number of piperidine rings is 1. The number of hydrogen-bond donors (Lipinski definition) is 1. The summed E-state index contributed by atoms with van der Waals surface area (Å²) in [6.45, 7) is 8.61. The topological polar surface area (TPSA) is 73.0 Å². The first-order chi connectivity index (χ1) is 15.6. The molecule has 0 saturated carbocycles. The second-order valence-corrected chi connectivity index (χ2v) is 10.4. The number of imide groups is 1. The Hall–Kier alpha value is -2.41. The summed E-state index contributed by atoms with van der Waals surface area (Å²) in [7, 11) is 3.88. The molecule has 2 aliphatic heterocycles. The number of hydrogen-bond acceptors (Lipinski definition) is 4. The summed E-state index contributed by atoms with van der Waals surface area (Å²) in [4.78, 5) is 44.6. The van der Waals surface area contributed by atoms with Gasteiger partial charge in [-0.05, 0) is 64.1 Å². The smallest absolute Gasteiger partial charge is 0.325 e. The summed E-state index contributed by atoms with van der Waals surface area (Å²) in [5.74, 6) is 0.530. The first-order valence-corrected chi connectivity index (χ1v) is 12.2. The third-order valence-electron chi connectivity index (χ3n) is 7.07. The lowest BCUT2D eigenvalue weighted by atomic mass is 9.73. The normalized spacial score (nSPS) is 21.9. The van der Waals surface area contributed by atoms with Crippen molar-refractivity contribution in [3.8, 4) is 0 Å². The van der Waals surface area contributed by atoms with Gasteiger partial charge in [-0.25, -0.2) is 4.79 Å². The van der Waals surface area contributed by atoms with E-state index in [1.54, 1.807) is 0 Å². The van der Waals surface area contributed by atoms with Gasteiger partial charge >= 0.3 is 6.03 Å². The lowest BCUT2D eigenvalue weighted by molar-refractivity contribution is -0.136. The lowest BCUT2D eigenvalue weighted by Gasteiger charge is -2.41. The molecule has 2 heterocycles. The van der Waals surface area contributed by atoms with Gasteiger partial charge in [-0.2, -0.15) is 0 Å². The Morgan fingerprint density at radius 2 is 1.91 bits per heavy atom. The fourth-order valence-corrected chi connectivity index (χ4v) is 5.04. The van der Waals surface area contributed by atoms with Crippen LogP contribution in [0.4, 0.5) is 4.79 Å². The molecule has 2 fully saturated rings. The summed E-state index contributed by atoms with van der Waals surface area (Å²) in [6.07, 6.45) is 3.38. The number of likely N-dealkylation sites (tertiary alicyclic amines) is 1. The molecule has 33 heavy (non-hydrogen) atoms. The van der Waals surface area contributed by atoms with Gasteiger partial charge in [0.05, 0.1) is 6.42 Å². The van der Waals surface area contributed by atoms with Crippen molar-refractivity contribution in [1.82, 2.24) is 20.0 Å². The van der Waals surface area contributed by atoms with E-state index in [2.05, 4.69) is 25.2 Å². The van der Waals surface area contributed by atoms with Gasteiger partial charge in [-0.15, -0.1) is 0 Å². The molecule has 4 amide bonds. The highest BCUT2D eigenvalue weighted by atomic mass is 16.2. The quantitative estimate of drug-likeness (QED) is 0.580. The molecule has 2 saturated heterocycles. The Bertz CT molecular complexity index is 861. The molecule has 7 nitrogen and oxygen atoms in total. The van der Waals surface area contributed by atoms with Crippen LogP contribution in [-0.2, 0) is 16.0 Å². The molecule has 0 aromatic heterocycles. The van der Waals surface area contributed by atoms with Crippen LogP contribution < -0.4 is 5.32 Å². The second-order valence-electron chi connectivity index (χ2n) is 10.4. The SMILES string of the molecule is Cc1cccc(CC(=O)N2CCC(C3(CCC(C)C)NC(=O)N(CCN(C)C)C3=O)CC2)c1. The van der Waals surface area contributed by atoms with Crippen molar-refractivity contribution in [2.24, 2.45) is 11.8 Å².